The van der Waals surface area contributed by atoms with Crippen LogP contribution in [0.3, 0.4) is 0 Å². The van der Waals surface area contributed by atoms with E-state index in [1.807, 2.05) is 37.5 Å². The van der Waals surface area contributed by atoms with E-state index < -0.39 is 11.4 Å². The van der Waals surface area contributed by atoms with Gasteiger partial charge in [0, 0.05) is 18.1 Å². The molecule has 1 heterocycles. The quantitative estimate of drug-likeness (QED) is 0.940. The van der Waals surface area contributed by atoms with Crippen molar-refractivity contribution in [2.75, 3.05) is 0 Å². The summed E-state index contributed by atoms with van der Waals surface area (Å²) in [5.74, 6) is -0.536. The lowest BCUT2D eigenvalue weighted by Gasteiger charge is -2.12. The molecule has 21 heavy (non-hydrogen) atoms. The molecular weight excluding hydrogens is 266 g/mol. The molecule has 4 nitrogen and oxygen atoms in total. The number of pyridine rings is 1. The Kier molecular flexibility index (Phi) is 4.46. The first kappa shape index (κ1) is 15.3. The molecule has 1 aromatic carbocycles. The van der Waals surface area contributed by atoms with E-state index in [9.17, 15) is 9.59 Å². The van der Waals surface area contributed by atoms with Crippen LogP contribution in [-0.4, -0.2) is 15.6 Å². The molecule has 1 aliphatic carbocycles. The largest absolute Gasteiger partial charge is 0.477 e. The topological polar surface area (TPSA) is 59.3 Å². The van der Waals surface area contributed by atoms with Gasteiger partial charge in [0.2, 0.25) is 5.43 Å². The third-order valence-corrected chi connectivity index (χ3v) is 3.62. The lowest BCUT2D eigenvalue weighted by Crippen LogP contribution is -2.19. The van der Waals surface area contributed by atoms with Crippen molar-refractivity contribution in [3.8, 4) is 0 Å². The number of nitrogens with zero attached hydrogens (tertiary/aromatic N) is 1. The fourth-order valence-corrected chi connectivity index (χ4v) is 2.39. The zero-order chi connectivity index (χ0) is 15.6. The molecule has 3 rings (SSSR count). The lowest BCUT2D eigenvalue weighted by molar-refractivity contribution is 0.0694. The van der Waals surface area contributed by atoms with E-state index >= 15 is 0 Å². The third-order valence-electron chi connectivity index (χ3n) is 3.62. The Hall–Kier alpha value is -2.10. The predicted molar refractivity (Wildman–Crippen MR) is 84.0 cm³/mol. The summed E-state index contributed by atoms with van der Waals surface area (Å²) in [6.45, 7) is 6.69. The molecule has 112 valence electrons. The molecule has 0 radical (unpaired) electrons. The van der Waals surface area contributed by atoms with Gasteiger partial charge in [0.1, 0.15) is 5.56 Å². The molecule has 1 fully saturated rings. The number of carboxylic acid groups (broad SMARTS) is 1. The van der Waals surface area contributed by atoms with Crippen molar-refractivity contribution in [2.24, 2.45) is 5.92 Å². The van der Waals surface area contributed by atoms with Crippen LogP contribution in [0.25, 0.3) is 10.9 Å². The SMILES string of the molecule is CC.Cc1ccc2c(c1)c(=O)c(C(=O)O)cn2CC1CC1. The standard InChI is InChI=1S/C15H15NO3.C2H6/c1-9-2-5-13-11(6-9)14(17)12(15(18)19)8-16(13)7-10-3-4-10;1-2/h2,5-6,8,10H,3-4,7H2,1H3,(H,18,19);1-2H3. The molecule has 0 spiro atoms. The summed E-state index contributed by atoms with van der Waals surface area (Å²) in [6, 6.07) is 5.62. The highest BCUT2D eigenvalue weighted by molar-refractivity contribution is 5.92. The molecule has 0 saturated heterocycles. The Labute approximate surface area is 124 Å². The van der Waals surface area contributed by atoms with Crippen LogP contribution in [0.15, 0.2) is 29.2 Å². The number of carboxylic acids is 1. The van der Waals surface area contributed by atoms with E-state index in [1.54, 1.807) is 6.07 Å². The van der Waals surface area contributed by atoms with Crippen LogP contribution in [0.2, 0.25) is 0 Å². The highest BCUT2D eigenvalue weighted by Crippen LogP contribution is 2.31. The smallest absolute Gasteiger partial charge is 0.341 e. The van der Waals surface area contributed by atoms with Gasteiger partial charge in [-0.1, -0.05) is 25.5 Å². The first-order valence-corrected chi connectivity index (χ1v) is 7.43. The number of benzene rings is 1. The Balaban J connectivity index is 0.000000774. The van der Waals surface area contributed by atoms with Crippen LogP contribution >= 0.6 is 0 Å². The number of rotatable bonds is 3. The van der Waals surface area contributed by atoms with E-state index in [4.69, 9.17) is 5.11 Å². The lowest BCUT2D eigenvalue weighted by atomic mass is 10.1. The van der Waals surface area contributed by atoms with Crippen LogP contribution < -0.4 is 5.43 Å². The number of hydrogen-bond acceptors (Lipinski definition) is 2. The van der Waals surface area contributed by atoms with Crippen molar-refractivity contribution in [3.63, 3.8) is 0 Å². The molecular formula is C17H21NO3. The van der Waals surface area contributed by atoms with Crippen LogP contribution in [0.4, 0.5) is 0 Å². The van der Waals surface area contributed by atoms with Crippen molar-refractivity contribution in [1.82, 2.24) is 4.57 Å². The van der Waals surface area contributed by atoms with Gasteiger partial charge in [-0.2, -0.15) is 0 Å². The zero-order valence-corrected chi connectivity index (χ0v) is 12.7. The van der Waals surface area contributed by atoms with E-state index in [1.165, 1.54) is 19.0 Å². The van der Waals surface area contributed by atoms with Crippen molar-refractivity contribution >= 4 is 16.9 Å². The van der Waals surface area contributed by atoms with Crippen LogP contribution in [0.5, 0.6) is 0 Å². The highest BCUT2D eigenvalue weighted by atomic mass is 16.4. The Morgan fingerprint density at radius 1 is 1.33 bits per heavy atom. The maximum atomic E-state index is 12.2. The predicted octanol–water partition coefficient (Wildman–Crippen LogP) is 3.44. The second-order valence-electron chi connectivity index (χ2n) is 5.29. The molecule has 0 unspecified atom stereocenters. The number of aromatic nitrogens is 1. The van der Waals surface area contributed by atoms with Gasteiger partial charge in [0.05, 0.1) is 5.52 Å². The third kappa shape index (κ3) is 3.15. The Morgan fingerprint density at radius 2 is 2.00 bits per heavy atom. The van der Waals surface area contributed by atoms with Gasteiger partial charge in [-0.3, -0.25) is 4.79 Å². The highest BCUT2D eigenvalue weighted by Gasteiger charge is 2.23. The minimum absolute atomic E-state index is 0.140. The van der Waals surface area contributed by atoms with Crippen LogP contribution in [0.1, 0.15) is 42.6 Å². The summed E-state index contributed by atoms with van der Waals surface area (Å²) >= 11 is 0. The van der Waals surface area contributed by atoms with E-state index in [0.29, 0.717) is 11.3 Å². The molecule has 1 aromatic heterocycles. The number of aryl methyl sites for hydroxylation is 1. The second kappa shape index (κ2) is 6.12. The minimum Gasteiger partial charge on any atom is -0.477 e. The first-order valence-electron chi connectivity index (χ1n) is 7.43. The normalized spacial score (nSPS) is 13.7. The summed E-state index contributed by atoms with van der Waals surface area (Å²) in [5, 5.41) is 9.66. The summed E-state index contributed by atoms with van der Waals surface area (Å²) in [4.78, 5) is 23.4. The van der Waals surface area contributed by atoms with Gasteiger partial charge >= 0.3 is 5.97 Å². The fourth-order valence-electron chi connectivity index (χ4n) is 2.39. The monoisotopic (exact) mass is 287 g/mol. The Bertz CT molecular complexity index is 727. The molecule has 0 bridgehead atoms. The molecule has 1 aliphatic rings. The molecule has 2 aromatic rings. The van der Waals surface area contributed by atoms with Gasteiger partial charge in [-0.25, -0.2) is 4.79 Å². The summed E-state index contributed by atoms with van der Waals surface area (Å²) in [6.07, 6.45) is 3.85. The summed E-state index contributed by atoms with van der Waals surface area (Å²) in [5.41, 5.74) is 1.26. The molecule has 1 saturated carbocycles. The number of fused-ring (bicyclic) bond motifs is 1. The van der Waals surface area contributed by atoms with Gasteiger partial charge < -0.3 is 9.67 Å². The molecule has 0 amide bonds. The van der Waals surface area contributed by atoms with Crippen molar-refractivity contribution in [3.05, 3.63) is 45.7 Å². The van der Waals surface area contributed by atoms with Gasteiger partial charge in [-0.05, 0) is 37.8 Å². The zero-order valence-electron chi connectivity index (χ0n) is 12.7. The molecule has 0 atom stereocenters. The van der Waals surface area contributed by atoms with Gasteiger partial charge in [0.15, 0.2) is 0 Å². The molecule has 4 heteroatoms. The van der Waals surface area contributed by atoms with Gasteiger partial charge in [0.25, 0.3) is 0 Å². The van der Waals surface area contributed by atoms with Crippen molar-refractivity contribution in [1.29, 1.82) is 0 Å². The fraction of sp³-hybridized carbons (Fsp3) is 0.412. The minimum atomic E-state index is -1.15. The summed E-state index contributed by atoms with van der Waals surface area (Å²) < 4.78 is 1.91. The van der Waals surface area contributed by atoms with Crippen molar-refractivity contribution in [2.45, 2.75) is 40.2 Å². The average molecular weight is 287 g/mol. The average Bonchev–Trinajstić information content (AvgIpc) is 3.28. The second-order valence-corrected chi connectivity index (χ2v) is 5.29. The van der Waals surface area contributed by atoms with Crippen LogP contribution in [-0.2, 0) is 6.54 Å². The number of hydrogen-bond donors (Lipinski definition) is 1. The Morgan fingerprint density at radius 3 is 2.57 bits per heavy atom. The number of carbonyl (C=O) groups is 1. The number of aromatic carboxylic acids is 1. The van der Waals surface area contributed by atoms with Crippen LogP contribution in [0, 0.1) is 12.8 Å². The maximum absolute atomic E-state index is 12.2. The van der Waals surface area contributed by atoms with Crippen molar-refractivity contribution < 1.29 is 9.90 Å². The van der Waals surface area contributed by atoms with Gasteiger partial charge in [-0.15, -0.1) is 0 Å². The van der Waals surface area contributed by atoms with E-state index in [2.05, 4.69) is 0 Å². The summed E-state index contributed by atoms with van der Waals surface area (Å²) in [7, 11) is 0. The molecule has 1 N–H and O–H groups in total. The van der Waals surface area contributed by atoms with E-state index in [-0.39, 0.29) is 5.56 Å². The van der Waals surface area contributed by atoms with E-state index in [0.717, 1.165) is 17.6 Å². The maximum Gasteiger partial charge on any atom is 0.341 e. The molecule has 0 aliphatic heterocycles. The first-order chi connectivity index (χ1) is 10.1.